The lowest BCUT2D eigenvalue weighted by Crippen LogP contribution is -3.00. The Morgan fingerprint density at radius 1 is 0.906 bits per heavy atom. The molecule has 32 heavy (non-hydrogen) atoms. The van der Waals surface area contributed by atoms with E-state index in [1.165, 1.54) is 48.3 Å². The molecular formula is C29H39BrN2. The molecule has 2 nitrogen and oxygen atoms in total. The van der Waals surface area contributed by atoms with Crippen LogP contribution in [-0.4, -0.2) is 34.3 Å². The van der Waals surface area contributed by atoms with Gasteiger partial charge in [0, 0.05) is 44.3 Å². The Morgan fingerprint density at radius 2 is 1.53 bits per heavy atom. The third-order valence-corrected chi connectivity index (χ3v) is 7.30. The predicted octanol–water partition coefficient (Wildman–Crippen LogP) is 3.20. The highest BCUT2D eigenvalue weighted by molar-refractivity contribution is 5.69. The van der Waals surface area contributed by atoms with Crippen LogP contribution in [0.15, 0.2) is 66.4 Å². The number of hydrogen-bond donors (Lipinski definition) is 0. The van der Waals surface area contributed by atoms with Crippen molar-refractivity contribution >= 4 is 6.21 Å². The molecule has 2 aromatic carbocycles. The van der Waals surface area contributed by atoms with Crippen molar-refractivity contribution < 1.29 is 21.6 Å². The second-order valence-electron chi connectivity index (χ2n) is 10.9. The Labute approximate surface area is 205 Å². The van der Waals surface area contributed by atoms with Crippen molar-refractivity contribution in [3.8, 4) is 0 Å². The van der Waals surface area contributed by atoms with Crippen molar-refractivity contribution in [2.75, 3.05) is 13.1 Å². The molecule has 2 aromatic rings. The molecule has 4 rings (SSSR count). The van der Waals surface area contributed by atoms with Crippen molar-refractivity contribution in [3.63, 3.8) is 0 Å². The number of rotatable bonds is 5. The highest BCUT2D eigenvalue weighted by Gasteiger charge is 2.45. The summed E-state index contributed by atoms with van der Waals surface area (Å²) in [6.07, 6.45) is 8.48. The summed E-state index contributed by atoms with van der Waals surface area (Å²) < 4.78 is 2.55. The number of allylic oxidation sites excluding steroid dienone is 1. The summed E-state index contributed by atoms with van der Waals surface area (Å²) in [5.41, 5.74) is 6.01. The summed E-state index contributed by atoms with van der Waals surface area (Å²) in [5.74, 6) is 0.472. The third kappa shape index (κ3) is 5.36. The van der Waals surface area contributed by atoms with Gasteiger partial charge in [0.05, 0.1) is 5.92 Å². The molecule has 1 fully saturated rings. The van der Waals surface area contributed by atoms with Gasteiger partial charge in [-0.25, -0.2) is 4.58 Å². The summed E-state index contributed by atoms with van der Waals surface area (Å²) in [7, 11) is 0. The standard InChI is InChI=1S/C29H39N2.BrH/c1-28(2,3)25-15-13-23(14-16-25)21-26-27(30-18-9-10-19-30)17-20-31(29(26,4)5)22-24-11-7-6-8-12-24;/h6-8,11-17,20,26H,9-10,18-19,21-22H2,1-5H3;1H/q+1;/p-1. The van der Waals surface area contributed by atoms with E-state index in [4.69, 9.17) is 0 Å². The first-order chi connectivity index (χ1) is 14.7. The number of benzene rings is 2. The Balaban J connectivity index is 0.00000289. The average Bonchev–Trinajstić information content (AvgIpc) is 3.26. The van der Waals surface area contributed by atoms with Gasteiger partial charge >= 0.3 is 0 Å². The van der Waals surface area contributed by atoms with Crippen LogP contribution in [0.1, 0.15) is 64.2 Å². The molecule has 0 amide bonds. The fraction of sp³-hybridized carbons (Fsp3) is 0.483. The summed E-state index contributed by atoms with van der Waals surface area (Å²) in [6, 6.07) is 20.3. The van der Waals surface area contributed by atoms with Crippen molar-refractivity contribution in [2.45, 2.75) is 71.4 Å². The van der Waals surface area contributed by atoms with E-state index < -0.39 is 0 Å². The summed E-state index contributed by atoms with van der Waals surface area (Å²) >= 11 is 0. The lowest BCUT2D eigenvalue weighted by Gasteiger charge is -2.39. The van der Waals surface area contributed by atoms with Crippen LogP contribution in [0.2, 0.25) is 0 Å². The van der Waals surface area contributed by atoms with Crippen LogP contribution in [-0.2, 0) is 18.4 Å². The van der Waals surface area contributed by atoms with Gasteiger partial charge in [0.15, 0.2) is 18.3 Å². The maximum atomic E-state index is 2.65. The fourth-order valence-corrected chi connectivity index (χ4v) is 5.11. The van der Waals surface area contributed by atoms with E-state index in [1.54, 1.807) is 0 Å². The van der Waals surface area contributed by atoms with E-state index in [2.05, 4.69) is 111 Å². The first-order valence-electron chi connectivity index (χ1n) is 12.0. The maximum Gasteiger partial charge on any atom is 0.168 e. The van der Waals surface area contributed by atoms with Crippen molar-refractivity contribution in [1.29, 1.82) is 0 Å². The van der Waals surface area contributed by atoms with Crippen LogP contribution in [0, 0.1) is 5.92 Å². The van der Waals surface area contributed by atoms with E-state index in [-0.39, 0.29) is 27.9 Å². The summed E-state index contributed by atoms with van der Waals surface area (Å²) in [4.78, 5) is 2.65. The topological polar surface area (TPSA) is 6.25 Å². The Hall–Kier alpha value is -1.87. The van der Waals surface area contributed by atoms with Crippen LogP contribution in [0.25, 0.3) is 0 Å². The molecule has 1 saturated heterocycles. The number of likely N-dealkylation sites (tertiary alicyclic amines) is 1. The molecule has 2 aliphatic heterocycles. The first-order valence-corrected chi connectivity index (χ1v) is 12.0. The molecule has 0 radical (unpaired) electrons. The molecule has 0 spiro atoms. The average molecular weight is 496 g/mol. The van der Waals surface area contributed by atoms with Crippen molar-refractivity contribution in [2.24, 2.45) is 5.92 Å². The van der Waals surface area contributed by atoms with Crippen LogP contribution in [0.5, 0.6) is 0 Å². The number of hydrogen-bond acceptors (Lipinski definition) is 1. The van der Waals surface area contributed by atoms with Gasteiger partial charge in [-0.3, -0.25) is 0 Å². The van der Waals surface area contributed by atoms with E-state index in [0.717, 1.165) is 13.0 Å². The second-order valence-corrected chi connectivity index (χ2v) is 10.9. The zero-order valence-electron chi connectivity index (χ0n) is 20.4. The SMILES string of the molecule is CC(C)(C)c1ccc(CC2C(N3CCCC3)=CC=[N+](Cc3ccccc3)C2(C)C)cc1.[Br-]. The minimum absolute atomic E-state index is 0. The van der Waals surface area contributed by atoms with Gasteiger partial charge in [-0.2, -0.15) is 0 Å². The second kappa shape index (κ2) is 9.95. The quantitative estimate of drug-likeness (QED) is 0.578. The number of halogens is 1. The van der Waals surface area contributed by atoms with E-state index in [0.29, 0.717) is 5.92 Å². The Kier molecular flexibility index (Phi) is 7.70. The van der Waals surface area contributed by atoms with Crippen LogP contribution < -0.4 is 17.0 Å². The van der Waals surface area contributed by atoms with Gasteiger partial charge in [-0.1, -0.05) is 75.4 Å². The lowest BCUT2D eigenvalue weighted by atomic mass is 9.77. The van der Waals surface area contributed by atoms with Crippen molar-refractivity contribution in [3.05, 3.63) is 83.1 Å². The summed E-state index contributed by atoms with van der Waals surface area (Å²) in [5, 5.41) is 0. The van der Waals surface area contributed by atoms with Gasteiger partial charge < -0.3 is 21.9 Å². The molecule has 0 aromatic heterocycles. The molecule has 1 unspecified atom stereocenters. The molecule has 2 aliphatic rings. The molecule has 0 N–H and O–H groups in total. The van der Waals surface area contributed by atoms with Gasteiger partial charge in [-0.15, -0.1) is 0 Å². The Morgan fingerprint density at radius 3 is 2.12 bits per heavy atom. The van der Waals surface area contributed by atoms with E-state index >= 15 is 0 Å². The number of nitrogens with zero attached hydrogens (tertiary/aromatic N) is 2. The van der Waals surface area contributed by atoms with E-state index in [1.807, 2.05) is 0 Å². The molecule has 0 aliphatic carbocycles. The molecular weight excluding hydrogens is 456 g/mol. The third-order valence-electron chi connectivity index (χ3n) is 7.30. The molecule has 0 bridgehead atoms. The monoisotopic (exact) mass is 494 g/mol. The van der Waals surface area contributed by atoms with Crippen molar-refractivity contribution in [1.82, 2.24) is 4.90 Å². The molecule has 2 heterocycles. The van der Waals surface area contributed by atoms with Gasteiger partial charge in [0.2, 0.25) is 0 Å². The molecule has 1 atom stereocenters. The smallest absolute Gasteiger partial charge is 0.168 e. The van der Waals surface area contributed by atoms with Gasteiger partial charge in [0.1, 0.15) is 0 Å². The molecule has 0 saturated carbocycles. The highest BCUT2D eigenvalue weighted by atomic mass is 79.9. The minimum Gasteiger partial charge on any atom is -1.00 e. The molecule has 172 valence electrons. The van der Waals surface area contributed by atoms with Crippen LogP contribution in [0.3, 0.4) is 0 Å². The first kappa shape index (κ1) is 24.8. The van der Waals surface area contributed by atoms with E-state index in [9.17, 15) is 0 Å². The highest BCUT2D eigenvalue weighted by Crippen LogP contribution is 2.37. The van der Waals surface area contributed by atoms with Crippen LogP contribution >= 0.6 is 0 Å². The largest absolute Gasteiger partial charge is 1.00 e. The summed E-state index contributed by atoms with van der Waals surface area (Å²) in [6.45, 7) is 15.1. The minimum atomic E-state index is 0. The Bertz CT molecular complexity index is 943. The lowest BCUT2D eigenvalue weighted by molar-refractivity contribution is -0.621. The van der Waals surface area contributed by atoms with Crippen LogP contribution in [0.4, 0.5) is 0 Å². The van der Waals surface area contributed by atoms with Gasteiger partial charge in [0.25, 0.3) is 0 Å². The predicted molar refractivity (Wildman–Crippen MR) is 132 cm³/mol. The zero-order chi connectivity index (χ0) is 22.1. The fourth-order valence-electron chi connectivity index (χ4n) is 5.11. The van der Waals surface area contributed by atoms with Gasteiger partial charge in [-0.05, 0) is 35.8 Å². The zero-order valence-corrected chi connectivity index (χ0v) is 22.0. The molecule has 3 heteroatoms. The normalized spacial score (nSPS) is 20.4. The maximum absolute atomic E-state index is 2.65.